The molecule has 7 nitrogen and oxygen atoms in total. The van der Waals surface area contributed by atoms with E-state index in [-0.39, 0.29) is 18.1 Å². The Kier molecular flexibility index (Phi) is 5.03. The minimum atomic E-state index is -0.516. The summed E-state index contributed by atoms with van der Waals surface area (Å²) in [4.78, 5) is 43.8. The first-order valence-corrected chi connectivity index (χ1v) is 9.81. The number of carbonyl (C=O) groups is 3. The summed E-state index contributed by atoms with van der Waals surface area (Å²) >= 11 is 1.58. The minimum absolute atomic E-state index is 0.0881. The van der Waals surface area contributed by atoms with Crippen LogP contribution in [0.25, 0.3) is 10.9 Å². The van der Waals surface area contributed by atoms with Gasteiger partial charge in [-0.2, -0.15) is 0 Å². The molecule has 0 fully saturated rings. The van der Waals surface area contributed by atoms with Gasteiger partial charge in [-0.05, 0) is 36.4 Å². The van der Waals surface area contributed by atoms with Crippen LogP contribution in [0.1, 0.15) is 28.2 Å². The van der Waals surface area contributed by atoms with E-state index >= 15 is 0 Å². The van der Waals surface area contributed by atoms with Crippen molar-refractivity contribution >= 4 is 45.6 Å². The van der Waals surface area contributed by atoms with Crippen molar-refractivity contribution in [1.29, 1.82) is 0 Å². The first-order valence-electron chi connectivity index (χ1n) is 8.93. The standard InChI is InChI=1S/C20H18N4O3S/c25-18(12-24-16-10-11-28-17(16)6-3-7-19(24)26)22-23-20(27)15-9-8-13-4-1-2-5-14(13)21-15/h1-2,4-5,8-11H,3,6-7,12H2,(H,22,25)(H,23,27). The number of para-hydroxylation sites is 1. The molecule has 0 bridgehead atoms. The number of rotatable bonds is 3. The van der Waals surface area contributed by atoms with Crippen molar-refractivity contribution in [1.82, 2.24) is 15.8 Å². The lowest BCUT2D eigenvalue weighted by molar-refractivity contribution is -0.124. The van der Waals surface area contributed by atoms with Crippen LogP contribution in [0, 0.1) is 0 Å². The van der Waals surface area contributed by atoms with Crippen molar-refractivity contribution in [2.75, 3.05) is 11.4 Å². The Bertz CT molecular complexity index is 1060. The van der Waals surface area contributed by atoms with E-state index in [4.69, 9.17) is 0 Å². The first-order chi connectivity index (χ1) is 13.6. The summed E-state index contributed by atoms with van der Waals surface area (Å²) in [5.74, 6) is -1.08. The van der Waals surface area contributed by atoms with Crippen molar-refractivity contribution in [3.8, 4) is 0 Å². The monoisotopic (exact) mass is 394 g/mol. The number of benzene rings is 1. The van der Waals surface area contributed by atoms with Gasteiger partial charge < -0.3 is 4.90 Å². The lowest BCUT2D eigenvalue weighted by atomic mass is 10.2. The number of nitrogens with one attached hydrogen (secondary N) is 2. The fourth-order valence-electron chi connectivity index (χ4n) is 3.17. The predicted molar refractivity (Wildman–Crippen MR) is 107 cm³/mol. The Morgan fingerprint density at radius 3 is 2.82 bits per heavy atom. The molecule has 0 atom stereocenters. The second-order valence-electron chi connectivity index (χ2n) is 6.45. The molecule has 1 aromatic carbocycles. The molecule has 1 aliphatic heterocycles. The Morgan fingerprint density at radius 2 is 1.93 bits per heavy atom. The fourth-order valence-corrected chi connectivity index (χ4v) is 4.09. The van der Waals surface area contributed by atoms with Crippen molar-refractivity contribution in [2.24, 2.45) is 0 Å². The lowest BCUT2D eigenvalue weighted by Gasteiger charge is -2.20. The number of hydrogen-bond acceptors (Lipinski definition) is 5. The second-order valence-corrected chi connectivity index (χ2v) is 7.45. The summed E-state index contributed by atoms with van der Waals surface area (Å²) in [5, 5.41) is 2.84. The van der Waals surface area contributed by atoms with Gasteiger partial charge in [-0.25, -0.2) is 4.98 Å². The van der Waals surface area contributed by atoms with Gasteiger partial charge in [0.15, 0.2) is 0 Å². The molecule has 0 aliphatic carbocycles. The molecule has 0 saturated heterocycles. The number of aryl methyl sites for hydroxylation is 1. The molecule has 0 unspecified atom stereocenters. The fraction of sp³-hybridized carbons (Fsp3) is 0.200. The molecule has 0 radical (unpaired) electrons. The Morgan fingerprint density at radius 1 is 1.07 bits per heavy atom. The van der Waals surface area contributed by atoms with Crippen LogP contribution in [0.15, 0.2) is 47.8 Å². The quantitative estimate of drug-likeness (QED) is 0.668. The summed E-state index contributed by atoms with van der Waals surface area (Å²) in [5.41, 5.74) is 6.41. The van der Waals surface area contributed by atoms with E-state index in [0.29, 0.717) is 11.9 Å². The van der Waals surface area contributed by atoms with Gasteiger partial charge in [0.25, 0.3) is 11.8 Å². The van der Waals surface area contributed by atoms with Crippen LogP contribution in [0.5, 0.6) is 0 Å². The van der Waals surface area contributed by atoms with Gasteiger partial charge in [0.05, 0.1) is 11.2 Å². The zero-order valence-corrected chi connectivity index (χ0v) is 15.8. The molecule has 0 saturated carbocycles. The van der Waals surface area contributed by atoms with E-state index < -0.39 is 11.8 Å². The van der Waals surface area contributed by atoms with Gasteiger partial charge in [0.1, 0.15) is 12.2 Å². The van der Waals surface area contributed by atoms with E-state index in [2.05, 4.69) is 15.8 Å². The molecule has 3 heterocycles. The highest BCUT2D eigenvalue weighted by molar-refractivity contribution is 7.10. The van der Waals surface area contributed by atoms with Crippen molar-refractivity contribution in [3.05, 3.63) is 58.4 Å². The maximum Gasteiger partial charge on any atom is 0.288 e. The summed E-state index contributed by atoms with van der Waals surface area (Å²) in [6, 6.07) is 12.7. The molecule has 8 heteroatoms. The van der Waals surface area contributed by atoms with Crippen LogP contribution in [0.2, 0.25) is 0 Å². The van der Waals surface area contributed by atoms with Gasteiger partial charge in [-0.15, -0.1) is 11.3 Å². The molecular formula is C20H18N4O3S. The second kappa shape index (κ2) is 7.77. The predicted octanol–water partition coefficient (Wildman–Crippen LogP) is 2.43. The number of carbonyl (C=O) groups excluding carboxylic acids is 3. The molecule has 2 aromatic heterocycles. The number of nitrogens with zero attached hydrogens (tertiary/aromatic N) is 2. The maximum atomic E-state index is 12.3. The van der Waals surface area contributed by atoms with Gasteiger partial charge in [0.2, 0.25) is 5.91 Å². The number of pyridine rings is 1. The van der Waals surface area contributed by atoms with E-state index in [0.717, 1.165) is 28.8 Å². The first kappa shape index (κ1) is 18.1. The molecule has 3 aromatic rings. The third-order valence-corrected chi connectivity index (χ3v) is 5.53. The smallest absolute Gasteiger partial charge is 0.288 e. The van der Waals surface area contributed by atoms with Crippen LogP contribution in [0.3, 0.4) is 0 Å². The van der Waals surface area contributed by atoms with E-state index in [1.54, 1.807) is 23.5 Å². The van der Waals surface area contributed by atoms with E-state index in [1.807, 2.05) is 35.7 Å². The summed E-state index contributed by atoms with van der Waals surface area (Å²) < 4.78 is 0. The number of aromatic nitrogens is 1. The molecule has 142 valence electrons. The van der Waals surface area contributed by atoms with Crippen LogP contribution >= 0.6 is 11.3 Å². The van der Waals surface area contributed by atoms with Gasteiger partial charge in [-0.3, -0.25) is 25.2 Å². The molecule has 28 heavy (non-hydrogen) atoms. The summed E-state index contributed by atoms with van der Waals surface area (Å²) in [6.07, 6.45) is 2.01. The van der Waals surface area contributed by atoms with E-state index in [1.165, 1.54) is 4.90 Å². The number of hydrogen-bond donors (Lipinski definition) is 2. The third kappa shape index (κ3) is 3.72. The Labute approximate surface area is 165 Å². The van der Waals surface area contributed by atoms with Gasteiger partial charge >= 0.3 is 0 Å². The highest BCUT2D eigenvalue weighted by atomic mass is 32.1. The number of thiophene rings is 1. The van der Waals surface area contributed by atoms with Crippen LogP contribution in [-0.2, 0) is 16.0 Å². The number of fused-ring (bicyclic) bond motifs is 2. The Hall–Kier alpha value is -3.26. The highest BCUT2D eigenvalue weighted by Crippen LogP contribution is 2.31. The average molecular weight is 394 g/mol. The zero-order valence-electron chi connectivity index (χ0n) is 15.0. The highest BCUT2D eigenvalue weighted by Gasteiger charge is 2.25. The van der Waals surface area contributed by atoms with Gasteiger partial charge in [-0.1, -0.05) is 24.3 Å². The van der Waals surface area contributed by atoms with Crippen LogP contribution < -0.4 is 15.8 Å². The maximum absolute atomic E-state index is 12.3. The molecular weight excluding hydrogens is 376 g/mol. The number of hydrazine groups is 1. The molecule has 0 spiro atoms. The SMILES string of the molecule is O=C(CN1C(=O)CCCc2sccc21)NNC(=O)c1ccc2ccccc2n1. The normalized spacial score (nSPS) is 13.7. The van der Waals surface area contributed by atoms with Crippen LogP contribution in [-0.4, -0.2) is 29.3 Å². The minimum Gasteiger partial charge on any atom is -0.302 e. The van der Waals surface area contributed by atoms with Crippen molar-refractivity contribution in [2.45, 2.75) is 19.3 Å². The molecule has 1 aliphatic rings. The van der Waals surface area contributed by atoms with Crippen LogP contribution in [0.4, 0.5) is 5.69 Å². The van der Waals surface area contributed by atoms with Gasteiger partial charge in [0, 0.05) is 16.7 Å². The number of anilines is 1. The summed E-state index contributed by atoms with van der Waals surface area (Å²) in [7, 11) is 0. The summed E-state index contributed by atoms with van der Waals surface area (Å²) in [6.45, 7) is -0.145. The molecule has 4 rings (SSSR count). The van der Waals surface area contributed by atoms with E-state index in [9.17, 15) is 14.4 Å². The third-order valence-electron chi connectivity index (χ3n) is 4.56. The lowest BCUT2D eigenvalue weighted by Crippen LogP contribution is -2.47. The average Bonchev–Trinajstić information content (AvgIpc) is 3.12. The Balaban J connectivity index is 1.40. The largest absolute Gasteiger partial charge is 0.302 e. The molecule has 3 amide bonds. The topological polar surface area (TPSA) is 91.4 Å². The number of amides is 3. The zero-order chi connectivity index (χ0) is 19.5. The molecule has 2 N–H and O–H groups in total. The van der Waals surface area contributed by atoms with Crippen molar-refractivity contribution in [3.63, 3.8) is 0 Å². The van der Waals surface area contributed by atoms with Crippen molar-refractivity contribution < 1.29 is 14.4 Å².